The lowest BCUT2D eigenvalue weighted by atomic mass is 9.96. The molecule has 1 aromatic carbocycles. The fourth-order valence-electron chi connectivity index (χ4n) is 3.18. The second-order valence-electron chi connectivity index (χ2n) is 7.92. The van der Waals surface area contributed by atoms with Crippen molar-refractivity contribution in [3.63, 3.8) is 0 Å². The fourth-order valence-corrected chi connectivity index (χ4v) is 6.66. The minimum atomic E-state index is -0.700. The number of aliphatic hydroxyl groups is 1. The molecule has 2 atom stereocenters. The van der Waals surface area contributed by atoms with E-state index in [1.54, 1.807) is 23.5 Å². The molecule has 0 aromatic heterocycles. The first-order valence-electron chi connectivity index (χ1n) is 9.79. The van der Waals surface area contributed by atoms with Crippen molar-refractivity contribution in [3.05, 3.63) is 35.9 Å². The molecule has 1 aliphatic heterocycles. The molecular weight excluding hydrogens is 378 g/mol. The van der Waals surface area contributed by atoms with Crippen LogP contribution in [-0.2, 0) is 8.82 Å². The molecule has 2 rings (SSSR count). The Balaban J connectivity index is 2.26. The van der Waals surface area contributed by atoms with Crippen LogP contribution < -0.4 is 5.32 Å². The molecule has 1 aromatic rings. The van der Waals surface area contributed by atoms with E-state index >= 15 is 0 Å². The van der Waals surface area contributed by atoms with E-state index in [0.717, 1.165) is 42.8 Å². The molecule has 1 unspecified atom stereocenters. The number of unbranched alkanes of at least 4 members (excludes halogenated alkanes) is 1. The smallest absolute Gasteiger partial charge is 0.407 e. The number of carbonyl (C=O) groups excluding carboxylic acids is 1. The topological polar surface area (TPSA) is 58.6 Å². The molecule has 27 heavy (non-hydrogen) atoms. The summed E-state index contributed by atoms with van der Waals surface area (Å²) >= 11 is 3.59. The van der Waals surface area contributed by atoms with E-state index in [9.17, 15) is 9.90 Å². The first-order chi connectivity index (χ1) is 12.8. The summed E-state index contributed by atoms with van der Waals surface area (Å²) in [7, 11) is 0. The Kier molecular flexibility index (Phi) is 8.38. The van der Waals surface area contributed by atoms with E-state index in [1.165, 1.54) is 0 Å². The van der Waals surface area contributed by atoms with Crippen LogP contribution in [0.15, 0.2) is 30.3 Å². The summed E-state index contributed by atoms with van der Waals surface area (Å²) in [6, 6.07) is 9.84. The van der Waals surface area contributed by atoms with Crippen LogP contribution >= 0.6 is 23.5 Å². The lowest BCUT2D eigenvalue weighted by molar-refractivity contribution is 0.0397. The largest absolute Gasteiger partial charge is 0.444 e. The van der Waals surface area contributed by atoms with Gasteiger partial charge in [-0.15, -0.1) is 23.5 Å². The number of benzene rings is 1. The van der Waals surface area contributed by atoms with E-state index in [0.29, 0.717) is 0 Å². The van der Waals surface area contributed by atoms with Crippen LogP contribution in [0.25, 0.3) is 0 Å². The number of nitrogens with one attached hydrogen (secondary N) is 1. The fraction of sp³-hybridized carbons (Fsp3) is 0.667. The number of ether oxygens (including phenoxy) is 1. The van der Waals surface area contributed by atoms with Gasteiger partial charge in [0.05, 0.1) is 6.04 Å². The van der Waals surface area contributed by atoms with Gasteiger partial charge in [0, 0.05) is 0 Å². The summed E-state index contributed by atoms with van der Waals surface area (Å²) in [5.41, 5.74) is 0.551. The third-order valence-electron chi connectivity index (χ3n) is 4.44. The van der Waals surface area contributed by atoms with Gasteiger partial charge < -0.3 is 15.2 Å². The monoisotopic (exact) mass is 411 g/mol. The SMILES string of the molecule is CCCCC(NC(=O)OC(C)(C)C)[C@H](O)C1(c2ccccc2)SCCCS1. The van der Waals surface area contributed by atoms with Crippen LogP contribution in [0.2, 0.25) is 0 Å². The summed E-state index contributed by atoms with van der Waals surface area (Å²) in [5.74, 6) is 2.01. The number of hydrogen-bond donors (Lipinski definition) is 2. The Bertz CT molecular complexity index is 583. The molecule has 1 saturated heterocycles. The van der Waals surface area contributed by atoms with Crippen molar-refractivity contribution < 1.29 is 14.6 Å². The Morgan fingerprint density at radius 3 is 2.44 bits per heavy atom. The average Bonchev–Trinajstić information content (AvgIpc) is 2.64. The van der Waals surface area contributed by atoms with E-state index in [1.807, 2.05) is 39.0 Å². The first-order valence-corrected chi connectivity index (χ1v) is 11.8. The lowest BCUT2D eigenvalue weighted by Gasteiger charge is -2.43. The van der Waals surface area contributed by atoms with Crippen molar-refractivity contribution in [1.29, 1.82) is 0 Å². The number of alkyl carbamates (subject to hydrolysis) is 1. The quantitative estimate of drug-likeness (QED) is 0.649. The summed E-state index contributed by atoms with van der Waals surface area (Å²) < 4.78 is 4.98. The molecule has 1 amide bonds. The summed E-state index contributed by atoms with van der Waals surface area (Å²) in [4.78, 5) is 12.4. The van der Waals surface area contributed by atoms with Gasteiger partial charge in [-0.25, -0.2) is 4.79 Å². The highest BCUT2D eigenvalue weighted by atomic mass is 32.2. The summed E-state index contributed by atoms with van der Waals surface area (Å²) in [6.07, 6.45) is 2.66. The maximum Gasteiger partial charge on any atom is 0.407 e. The molecular formula is C21H33NO3S2. The second-order valence-corrected chi connectivity index (χ2v) is 10.9. The van der Waals surface area contributed by atoms with Gasteiger partial charge in [-0.05, 0) is 50.7 Å². The van der Waals surface area contributed by atoms with Crippen LogP contribution in [0.3, 0.4) is 0 Å². The molecule has 1 fully saturated rings. The number of rotatable bonds is 7. The highest BCUT2D eigenvalue weighted by molar-refractivity contribution is 8.18. The van der Waals surface area contributed by atoms with Crippen LogP contribution in [-0.4, -0.2) is 40.5 Å². The Morgan fingerprint density at radius 1 is 1.26 bits per heavy atom. The Hall–Kier alpha value is -0.850. The molecule has 1 heterocycles. The Labute approximate surface area is 172 Å². The average molecular weight is 412 g/mol. The normalized spacial score (nSPS) is 19.1. The van der Waals surface area contributed by atoms with Gasteiger partial charge in [-0.2, -0.15) is 0 Å². The number of carbonyl (C=O) groups is 1. The predicted molar refractivity (Wildman–Crippen MR) is 116 cm³/mol. The van der Waals surface area contributed by atoms with Gasteiger partial charge in [0.25, 0.3) is 0 Å². The van der Waals surface area contributed by atoms with Crippen LogP contribution in [0.5, 0.6) is 0 Å². The van der Waals surface area contributed by atoms with Gasteiger partial charge >= 0.3 is 6.09 Å². The number of hydrogen-bond acceptors (Lipinski definition) is 5. The molecule has 2 N–H and O–H groups in total. The highest BCUT2D eigenvalue weighted by Gasteiger charge is 2.46. The lowest BCUT2D eigenvalue weighted by Crippen LogP contribution is -2.52. The highest BCUT2D eigenvalue weighted by Crippen LogP contribution is 2.53. The third-order valence-corrected chi connectivity index (χ3v) is 7.94. The number of thioether (sulfide) groups is 2. The van der Waals surface area contributed by atoms with E-state index < -0.39 is 21.9 Å². The minimum absolute atomic E-state index is 0.349. The number of aliphatic hydroxyl groups excluding tert-OH is 1. The molecule has 0 saturated carbocycles. The molecule has 0 bridgehead atoms. The summed E-state index contributed by atoms with van der Waals surface area (Å²) in [6.45, 7) is 7.67. The van der Waals surface area contributed by atoms with E-state index in [-0.39, 0.29) is 6.04 Å². The standard InChI is InChI=1S/C21H33NO3S2/c1-5-6-13-17(22-19(24)25-20(2,3)4)18(23)21(26-14-10-15-27-21)16-11-8-7-9-12-16/h7-9,11-12,17-18,23H,5-6,10,13-15H2,1-4H3,(H,22,24)/t17?,18-/m0/s1. The molecule has 1 aliphatic rings. The van der Waals surface area contributed by atoms with Crippen molar-refractivity contribution in [3.8, 4) is 0 Å². The maximum absolute atomic E-state index is 12.4. The third kappa shape index (κ3) is 6.33. The second kappa shape index (κ2) is 10.1. The minimum Gasteiger partial charge on any atom is -0.444 e. The maximum atomic E-state index is 12.4. The zero-order valence-corrected chi connectivity index (χ0v) is 18.5. The van der Waals surface area contributed by atoms with Gasteiger partial charge in [0.1, 0.15) is 15.8 Å². The van der Waals surface area contributed by atoms with Gasteiger partial charge in [0.15, 0.2) is 0 Å². The van der Waals surface area contributed by atoms with Crippen molar-refractivity contribution in [2.45, 2.75) is 75.2 Å². The number of amides is 1. The first kappa shape index (κ1) is 22.4. The van der Waals surface area contributed by atoms with Crippen LogP contribution in [0.1, 0.15) is 58.9 Å². The van der Waals surface area contributed by atoms with Crippen LogP contribution in [0.4, 0.5) is 4.79 Å². The van der Waals surface area contributed by atoms with Crippen molar-refractivity contribution in [2.24, 2.45) is 0 Å². The molecule has 152 valence electrons. The molecule has 6 heteroatoms. The molecule has 0 spiro atoms. The van der Waals surface area contributed by atoms with Gasteiger partial charge in [0.2, 0.25) is 0 Å². The predicted octanol–water partition coefficient (Wildman–Crippen LogP) is 5.15. The van der Waals surface area contributed by atoms with Gasteiger partial charge in [-0.1, -0.05) is 50.1 Å². The molecule has 4 nitrogen and oxygen atoms in total. The van der Waals surface area contributed by atoms with Crippen molar-refractivity contribution >= 4 is 29.6 Å². The van der Waals surface area contributed by atoms with Crippen molar-refractivity contribution in [1.82, 2.24) is 5.32 Å². The zero-order valence-electron chi connectivity index (χ0n) is 16.9. The van der Waals surface area contributed by atoms with Gasteiger partial charge in [-0.3, -0.25) is 0 Å². The van der Waals surface area contributed by atoms with E-state index in [4.69, 9.17) is 4.74 Å². The zero-order chi connectivity index (χ0) is 19.9. The molecule has 0 aliphatic carbocycles. The van der Waals surface area contributed by atoms with E-state index in [2.05, 4.69) is 24.4 Å². The molecule has 0 radical (unpaired) electrons. The summed E-state index contributed by atoms with van der Waals surface area (Å²) in [5, 5.41) is 14.5. The van der Waals surface area contributed by atoms with Crippen LogP contribution in [0, 0.1) is 0 Å². The van der Waals surface area contributed by atoms with Crippen molar-refractivity contribution in [2.75, 3.05) is 11.5 Å². The Morgan fingerprint density at radius 2 is 1.89 bits per heavy atom.